The van der Waals surface area contributed by atoms with E-state index < -0.39 is 0 Å². The van der Waals surface area contributed by atoms with Crippen molar-refractivity contribution in [3.63, 3.8) is 0 Å². The predicted molar refractivity (Wildman–Crippen MR) is 70.8 cm³/mol. The molecule has 0 amide bonds. The number of aryl methyl sites for hydroxylation is 2. The molecule has 4 heteroatoms. The molecule has 0 saturated heterocycles. The highest BCUT2D eigenvalue weighted by Crippen LogP contribution is 2.20. The minimum absolute atomic E-state index is 0.841. The maximum Gasteiger partial charge on any atom is 0.158 e. The summed E-state index contributed by atoms with van der Waals surface area (Å²) in [4.78, 5) is 8.65. The van der Waals surface area contributed by atoms with Gasteiger partial charge in [-0.25, -0.2) is 14.6 Å². The monoisotopic (exact) mass is 238 g/mol. The van der Waals surface area contributed by atoms with Crippen LogP contribution < -0.4 is 0 Å². The molecule has 1 aromatic carbocycles. The third-order valence-electron chi connectivity index (χ3n) is 3.09. The number of pyridine rings is 1. The minimum Gasteiger partial charge on any atom is -0.228 e. The minimum atomic E-state index is 0.841. The zero-order valence-corrected chi connectivity index (χ0v) is 10.5. The standard InChI is InChI=1S/C14H14N4/c1-3-11-4-5-12-6-10(2)14(17-13(12)7-11)18-9-15-8-16-18/h4-9H,3H2,1-2H3. The average molecular weight is 238 g/mol. The van der Waals surface area contributed by atoms with Gasteiger partial charge in [-0.2, -0.15) is 5.10 Å². The molecule has 0 fully saturated rings. The van der Waals surface area contributed by atoms with Gasteiger partial charge in [-0.1, -0.05) is 19.1 Å². The summed E-state index contributed by atoms with van der Waals surface area (Å²) in [5, 5.41) is 5.30. The molecule has 2 aromatic heterocycles. The summed E-state index contributed by atoms with van der Waals surface area (Å²) >= 11 is 0. The van der Waals surface area contributed by atoms with E-state index in [-0.39, 0.29) is 0 Å². The van der Waals surface area contributed by atoms with Crippen molar-refractivity contribution in [3.05, 3.63) is 48.0 Å². The van der Waals surface area contributed by atoms with Gasteiger partial charge in [-0.3, -0.25) is 0 Å². The molecule has 0 saturated carbocycles. The summed E-state index contributed by atoms with van der Waals surface area (Å²) in [6.45, 7) is 4.19. The van der Waals surface area contributed by atoms with Crippen molar-refractivity contribution in [2.24, 2.45) is 0 Å². The number of aromatic nitrogens is 4. The maximum absolute atomic E-state index is 4.69. The van der Waals surface area contributed by atoms with Gasteiger partial charge in [0.15, 0.2) is 5.82 Å². The lowest BCUT2D eigenvalue weighted by molar-refractivity contribution is 0.842. The molecule has 0 aliphatic carbocycles. The summed E-state index contributed by atoms with van der Waals surface area (Å²) in [6, 6.07) is 8.55. The summed E-state index contributed by atoms with van der Waals surface area (Å²) in [6.07, 6.45) is 4.21. The molecular weight excluding hydrogens is 224 g/mol. The van der Waals surface area contributed by atoms with E-state index in [1.54, 1.807) is 11.0 Å². The second-order valence-electron chi connectivity index (χ2n) is 4.35. The predicted octanol–water partition coefficient (Wildman–Crippen LogP) is 2.69. The Morgan fingerprint density at radius 3 is 2.83 bits per heavy atom. The van der Waals surface area contributed by atoms with Gasteiger partial charge in [0.2, 0.25) is 0 Å². The fourth-order valence-corrected chi connectivity index (χ4v) is 2.08. The van der Waals surface area contributed by atoms with Crippen LogP contribution in [0.3, 0.4) is 0 Å². The number of benzene rings is 1. The summed E-state index contributed by atoms with van der Waals surface area (Å²) < 4.78 is 1.70. The van der Waals surface area contributed by atoms with Crippen molar-refractivity contribution in [1.82, 2.24) is 19.7 Å². The van der Waals surface area contributed by atoms with Crippen LogP contribution in [-0.2, 0) is 6.42 Å². The average Bonchev–Trinajstić information content (AvgIpc) is 2.91. The zero-order chi connectivity index (χ0) is 12.5. The molecule has 4 nitrogen and oxygen atoms in total. The van der Waals surface area contributed by atoms with Crippen LogP contribution in [0.5, 0.6) is 0 Å². The van der Waals surface area contributed by atoms with Gasteiger partial charge in [0.05, 0.1) is 5.52 Å². The Kier molecular flexibility index (Phi) is 2.55. The first-order valence-electron chi connectivity index (χ1n) is 6.03. The molecule has 0 radical (unpaired) electrons. The van der Waals surface area contributed by atoms with Crippen LogP contribution >= 0.6 is 0 Å². The Balaban J connectivity index is 2.24. The van der Waals surface area contributed by atoms with E-state index in [0.717, 1.165) is 28.7 Å². The number of nitrogens with zero attached hydrogens (tertiary/aromatic N) is 4. The second kappa shape index (κ2) is 4.22. The molecule has 0 aliphatic rings. The Morgan fingerprint density at radius 2 is 2.11 bits per heavy atom. The van der Waals surface area contributed by atoms with Crippen molar-refractivity contribution in [2.75, 3.05) is 0 Å². The molecule has 0 unspecified atom stereocenters. The highest BCUT2D eigenvalue weighted by Gasteiger charge is 2.06. The van der Waals surface area contributed by atoms with E-state index in [1.807, 2.05) is 6.92 Å². The fourth-order valence-electron chi connectivity index (χ4n) is 2.08. The molecule has 3 aromatic rings. The highest BCUT2D eigenvalue weighted by molar-refractivity contribution is 5.81. The molecule has 0 bridgehead atoms. The maximum atomic E-state index is 4.69. The van der Waals surface area contributed by atoms with Gasteiger partial charge >= 0.3 is 0 Å². The van der Waals surface area contributed by atoms with E-state index in [1.165, 1.54) is 11.9 Å². The van der Waals surface area contributed by atoms with Crippen LogP contribution in [0.2, 0.25) is 0 Å². The van der Waals surface area contributed by atoms with Crippen molar-refractivity contribution in [3.8, 4) is 5.82 Å². The van der Waals surface area contributed by atoms with Crippen LogP contribution in [-0.4, -0.2) is 19.7 Å². The molecule has 2 heterocycles. The molecule has 0 N–H and O–H groups in total. The Hall–Kier alpha value is -2.23. The Morgan fingerprint density at radius 1 is 1.22 bits per heavy atom. The molecule has 18 heavy (non-hydrogen) atoms. The second-order valence-corrected chi connectivity index (χ2v) is 4.35. The SMILES string of the molecule is CCc1ccc2cc(C)c(-n3cncn3)nc2c1. The smallest absolute Gasteiger partial charge is 0.158 e. The lowest BCUT2D eigenvalue weighted by atomic mass is 10.1. The van der Waals surface area contributed by atoms with Gasteiger partial charge in [-0.15, -0.1) is 0 Å². The number of rotatable bonds is 2. The first-order chi connectivity index (χ1) is 8.78. The summed E-state index contributed by atoms with van der Waals surface area (Å²) in [5.41, 5.74) is 3.39. The summed E-state index contributed by atoms with van der Waals surface area (Å²) in [5.74, 6) is 0.841. The van der Waals surface area contributed by atoms with Crippen molar-refractivity contribution < 1.29 is 0 Å². The van der Waals surface area contributed by atoms with Gasteiger partial charge in [0.1, 0.15) is 12.7 Å². The highest BCUT2D eigenvalue weighted by atomic mass is 15.3. The first-order valence-corrected chi connectivity index (χ1v) is 6.03. The Bertz CT molecular complexity index is 686. The van der Waals surface area contributed by atoms with Gasteiger partial charge in [-0.05, 0) is 36.6 Å². The number of hydrogen-bond acceptors (Lipinski definition) is 3. The van der Waals surface area contributed by atoms with Crippen LogP contribution in [0.15, 0.2) is 36.9 Å². The van der Waals surface area contributed by atoms with E-state index in [0.29, 0.717) is 0 Å². The van der Waals surface area contributed by atoms with Gasteiger partial charge in [0, 0.05) is 5.39 Å². The lowest BCUT2D eigenvalue weighted by Gasteiger charge is -2.07. The topological polar surface area (TPSA) is 43.6 Å². The molecular formula is C14H14N4. The van der Waals surface area contributed by atoms with E-state index in [9.17, 15) is 0 Å². The van der Waals surface area contributed by atoms with Gasteiger partial charge in [0.25, 0.3) is 0 Å². The van der Waals surface area contributed by atoms with Crippen molar-refractivity contribution in [1.29, 1.82) is 0 Å². The largest absolute Gasteiger partial charge is 0.228 e. The molecule has 0 aliphatic heterocycles. The molecule has 0 spiro atoms. The quantitative estimate of drug-likeness (QED) is 0.689. The number of hydrogen-bond donors (Lipinski definition) is 0. The van der Waals surface area contributed by atoms with Crippen molar-refractivity contribution >= 4 is 10.9 Å². The lowest BCUT2D eigenvalue weighted by Crippen LogP contribution is -2.01. The van der Waals surface area contributed by atoms with Crippen LogP contribution in [0, 0.1) is 6.92 Å². The van der Waals surface area contributed by atoms with Crippen molar-refractivity contribution in [2.45, 2.75) is 20.3 Å². The van der Waals surface area contributed by atoms with Crippen LogP contribution in [0.4, 0.5) is 0 Å². The number of fused-ring (bicyclic) bond motifs is 1. The molecule has 3 rings (SSSR count). The van der Waals surface area contributed by atoms with E-state index in [2.05, 4.69) is 46.3 Å². The van der Waals surface area contributed by atoms with Crippen LogP contribution in [0.1, 0.15) is 18.1 Å². The molecule has 90 valence electrons. The van der Waals surface area contributed by atoms with E-state index >= 15 is 0 Å². The third kappa shape index (κ3) is 1.76. The van der Waals surface area contributed by atoms with Crippen LogP contribution in [0.25, 0.3) is 16.7 Å². The van der Waals surface area contributed by atoms with E-state index in [4.69, 9.17) is 0 Å². The van der Waals surface area contributed by atoms with Gasteiger partial charge < -0.3 is 0 Å². The summed E-state index contributed by atoms with van der Waals surface area (Å²) in [7, 11) is 0. The Labute approximate surface area is 105 Å². The fraction of sp³-hybridized carbons (Fsp3) is 0.214. The third-order valence-corrected chi connectivity index (χ3v) is 3.09. The normalized spacial score (nSPS) is 11.0. The zero-order valence-electron chi connectivity index (χ0n) is 10.5. The first kappa shape index (κ1) is 10.9. The molecule has 0 atom stereocenters.